The van der Waals surface area contributed by atoms with Crippen molar-refractivity contribution >= 4 is 0 Å². The maximum atomic E-state index is 4.29. The minimum Gasteiger partial charge on any atom is -0.261 e. The summed E-state index contributed by atoms with van der Waals surface area (Å²) in [6, 6.07) is 8.65. The second kappa shape index (κ2) is 6.14. The van der Waals surface area contributed by atoms with Crippen LogP contribution in [0.5, 0.6) is 0 Å². The van der Waals surface area contributed by atoms with Gasteiger partial charge in [0.05, 0.1) is 11.9 Å². The third-order valence-corrected chi connectivity index (χ3v) is 2.88. The van der Waals surface area contributed by atoms with Crippen LogP contribution in [0.2, 0.25) is 0 Å². The Kier molecular flexibility index (Phi) is 4.25. The summed E-state index contributed by atoms with van der Waals surface area (Å²) in [5.41, 5.74) is 3.48. The van der Waals surface area contributed by atoms with Gasteiger partial charge in [0.1, 0.15) is 0 Å². The third kappa shape index (κ3) is 3.38. The van der Waals surface area contributed by atoms with Gasteiger partial charge in [0, 0.05) is 18.0 Å². The van der Waals surface area contributed by atoms with E-state index in [1.807, 2.05) is 0 Å². The first-order chi connectivity index (χ1) is 8.40. The average Bonchev–Trinajstić information content (AvgIpc) is 2.41. The van der Waals surface area contributed by atoms with Gasteiger partial charge in [0.15, 0.2) is 0 Å². The summed E-state index contributed by atoms with van der Waals surface area (Å²) in [4.78, 5) is 8.37. The minimum absolute atomic E-state index is 0.938. The molecule has 2 rings (SSSR count). The zero-order valence-corrected chi connectivity index (χ0v) is 10.3. The van der Waals surface area contributed by atoms with Gasteiger partial charge in [-0.3, -0.25) is 9.97 Å². The van der Waals surface area contributed by atoms with Crippen molar-refractivity contribution in [1.29, 1.82) is 0 Å². The molecule has 0 spiro atoms. The predicted octanol–water partition coefficient (Wildman–Crippen LogP) is 3.88. The molecular weight excluding hydrogens is 208 g/mol. The average molecular weight is 226 g/mol. The van der Waals surface area contributed by atoms with Crippen molar-refractivity contribution in [3.63, 3.8) is 0 Å². The van der Waals surface area contributed by atoms with E-state index in [2.05, 4.69) is 41.2 Å². The van der Waals surface area contributed by atoms with Crippen molar-refractivity contribution in [3.05, 3.63) is 48.4 Å². The Balaban J connectivity index is 2.03. The van der Waals surface area contributed by atoms with Crippen molar-refractivity contribution in [2.45, 2.75) is 32.6 Å². The number of aryl methyl sites for hydroxylation is 1. The molecule has 0 amide bonds. The van der Waals surface area contributed by atoms with Crippen LogP contribution >= 0.6 is 0 Å². The van der Waals surface area contributed by atoms with E-state index >= 15 is 0 Å². The lowest BCUT2D eigenvalue weighted by Gasteiger charge is -2.03. The fraction of sp³-hybridized carbons (Fsp3) is 0.333. The quantitative estimate of drug-likeness (QED) is 0.723. The molecule has 1 aromatic heterocycles. The molecule has 1 aromatic carbocycles. The molecule has 0 atom stereocenters. The van der Waals surface area contributed by atoms with Gasteiger partial charge in [0.25, 0.3) is 0 Å². The monoisotopic (exact) mass is 226 g/mol. The van der Waals surface area contributed by atoms with E-state index in [0.29, 0.717) is 0 Å². The Morgan fingerprint density at radius 1 is 1.00 bits per heavy atom. The first-order valence-corrected chi connectivity index (χ1v) is 6.25. The van der Waals surface area contributed by atoms with E-state index in [-0.39, 0.29) is 0 Å². The topological polar surface area (TPSA) is 25.8 Å². The zero-order chi connectivity index (χ0) is 11.9. The SMILES string of the molecule is CCCCCc1ccc(-c2cnccn2)cc1. The van der Waals surface area contributed by atoms with Crippen LogP contribution in [-0.2, 0) is 6.42 Å². The summed E-state index contributed by atoms with van der Waals surface area (Å²) >= 11 is 0. The molecule has 0 bridgehead atoms. The third-order valence-electron chi connectivity index (χ3n) is 2.88. The molecule has 0 aliphatic rings. The molecule has 1 heterocycles. The van der Waals surface area contributed by atoms with Crippen LogP contribution in [0.4, 0.5) is 0 Å². The van der Waals surface area contributed by atoms with Crippen molar-refractivity contribution in [2.24, 2.45) is 0 Å². The molecule has 0 unspecified atom stereocenters. The summed E-state index contributed by atoms with van der Waals surface area (Å²) in [6.07, 6.45) is 10.3. The van der Waals surface area contributed by atoms with E-state index in [1.165, 1.54) is 31.2 Å². The molecule has 0 fully saturated rings. The van der Waals surface area contributed by atoms with Gasteiger partial charge in [-0.25, -0.2) is 0 Å². The summed E-state index contributed by atoms with van der Waals surface area (Å²) < 4.78 is 0. The molecule has 0 aliphatic heterocycles. The van der Waals surface area contributed by atoms with E-state index in [1.54, 1.807) is 18.6 Å². The van der Waals surface area contributed by atoms with Crippen LogP contribution in [0.25, 0.3) is 11.3 Å². The number of unbranched alkanes of at least 4 members (excludes halogenated alkanes) is 2. The largest absolute Gasteiger partial charge is 0.261 e. The molecule has 2 heteroatoms. The number of hydrogen-bond donors (Lipinski definition) is 0. The Morgan fingerprint density at radius 3 is 2.47 bits per heavy atom. The van der Waals surface area contributed by atoms with Gasteiger partial charge in [0.2, 0.25) is 0 Å². The molecule has 0 radical (unpaired) electrons. The highest BCUT2D eigenvalue weighted by Gasteiger charge is 1.99. The van der Waals surface area contributed by atoms with Crippen molar-refractivity contribution in [3.8, 4) is 11.3 Å². The normalized spacial score (nSPS) is 10.4. The lowest BCUT2D eigenvalue weighted by molar-refractivity contribution is 0.717. The molecule has 2 aromatic rings. The lowest BCUT2D eigenvalue weighted by Crippen LogP contribution is -1.87. The van der Waals surface area contributed by atoms with Crippen molar-refractivity contribution in [1.82, 2.24) is 9.97 Å². The maximum Gasteiger partial charge on any atom is 0.0885 e. The van der Waals surface area contributed by atoms with Gasteiger partial charge in [-0.05, 0) is 18.4 Å². The van der Waals surface area contributed by atoms with E-state index in [4.69, 9.17) is 0 Å². The standard InChI is InChI=1S/C15H18N2/c1-2-3-4-5-13-6-8-14(9-7-13)15-12-16-10-11-17-15/h6-12H,2-5H2,1H3. The summed E-state index contributed by atoms with van der Waals surface area (Å²) in [7, 11) is 0. The van der Waals surface area contributed by atoms with Crippen molar-refractivity contribution < 1.29 is 0 Å². The van der Waals surface area contributed by atoms with Crippen molar-refractivity contribution in [2.75, 3.05) is 0 Å². The van der Waals surface area contributed by atoms with Gasteiger partial charge in [-0.15, -0.1) is 0 Å². The lowest BCUT2D eigenvalue weighted by atomic mass is 10.0. The Hall–Kier alpha value is -1.70. The van der Waals surface area contributed by atoms with Gasteiger partial charge in [-0.2, -0.15) is 0 Å². The Labute approximate surface area is 103 Å². The fourth-order valence-electron chi connectivity index (χ4n) is 1.87. The number of hydrogen-bond acceptors (Lipinski definition) is 2. The molecule has 0 saturated carbocycles. The van der Waals surface area contributed by atoms with Crippen LogP contribution in [0, 0.1) is 0 Å². The molecule has 0 saturated heterocycles. The van der Waals surface area contributed by atoms with Crippen LogP contribution in [0.15, 0.2) is 42.9 Å². The highest BCUT2D eigenvalue weighted by atomic mass is 14.8. The molecular formula is C15H18N2. The highest BCUT2D eigenvalue weighted by Crippen LogP contribution is 2.17. The number of benzene rings is 1. The first kappa shape index (κ1) is 11.8. The molecule has 0 aliphatic carbocycles. The summed E-state index contributed by atoms with van der Waals surface area (Å²) in [5, 5.41) is 0. The van der Waals surface area contributed by atoms with E-state index in [0.717, 1.165) is 11.3 Å². The first-order valence-electron chi connectivity index (χ1n) is 6.25. The fourth-order valence-corrected chi connectivity index (χ4v) is 1.87. The Bertz CT molecular complexity index is 434. The molecule has 0 N–H and O–H groups in total. The van der Waals surface area contributed by atoms with Gasteiger partial charge in [-0.1, -0.05) is 44.0 Å². The molecule has 88 valence electrons. The number of rotatable bonds is 5. The second-order valence-corrected chi connectivity index (χ2v) is 4.24. The smallest absolute Gasteiger partial charge is 0.0885 e. The zero-order valence-electron chi connectivity index (χ0n) is 10.3. The highest BCUT2D eigenvalue weighted by molar-refractivity contribution is 5.58. The predicted molar refractivity (Wildman–Crippen MR) is 70.7 cm³/mol. The van der Waals surface area contributed by atoms with E-state index in [9.17, 15) is 0 Å². The summed E-state index contributed by atoms with van der Waals surface area (Å²) in [5.74, 6) is 0. The van der Waals surface area contributed by atoms with Crippen LogP contribution in [-0.4, -0.2) is 9.97 Å². The molecule has 2 nitrogen and oxygen atoms in total. The minimum atomic E-state index is 0.938. The summed E-state index contributed by atoms with van der Waals surface area (Å²) in [6.45, 7) is 2.23. The van der Waals surface area contributed by atoms with E-state index < -0.39 is 0 Å². The van der Waals surface area contributed by atoms with Crippen LogP contribution in [0.1, 0.15) is 31.7 Å². The second-order valence-electron chi connectivity index (χ2n) is 4.24. The van der Waals surface area contributed by atoms with Gasteiger partial charge >= 0.3 is 0 Å². The van der Waals surface area contributed by atoms with Gasteiger partial charge < -0.3 is 0 Å². The van der Waals surface area contributed by atoms with Crippen LogP contribution < -0.4 is 0 Å². The molecule has 17 heavy (non-hydrogen) atoms. The van der Waals surface area contributed by atoms with Crippen LogP contribution in [0.3, 0.4) is 0 Å². The maximum absolute atomic E-state index is 4.29. The number of aromatic nitrogens is 2. The Morgan fingerprint density at radius 2 is 1.82 bits per heavy atom. The number of nitrogens with zero attached hydrogens (tertiary/aromatic N) is 2.